The Morgan fingerprint density at radius 2 is 1.77 bits per heavy atom. The Bertz CT molecular complexity index is 437. The fourth-order valence-electron chi connectivity index (χ4n) is 3.44. The minimum atomic E-state index is -0.741. The molecule has 0 saturated carbocycles. The van der Waals surface area contributed by atoms with Crippen molar-refractivity contribution in [2.75, 3.05) is 26.2 Å². The highest BCUT2D eigenvalue weighted by Crippen LogP contribution is 2.33. The van der Waals surface area contributed by atoms with E-state index in [0.29, 0.717) is 6.61 Å². The number of nitrogens with one attached hydrogen (secondary N) is 1. The molecule has 1 fully saturated rings. The van der Waals surface area contributed by atoms with Gasteiger partial charge in [0.1, 0.15) is 5.75 Å². The number of hydrogen-bond donors (Lipinski definition) is 2. The largest absolute Gasteiger partial charge is 0.494 e. The SMILES string of the molecule is CCOc1ccc(C(O)(CC[NH+]2CCCCC2)C(C)C)cc1. The maximum atomic E-state index is 11.3. The van der Waals surface area contributed by atoms with Gasteiger partial charge >= 0.3 is 0 Å². The van der Waals surface area contributed by atoms with Crippen LogP contribution in [0.5, 0.6) is 5.75 Å². The summed E-state index contributed by atoms with van der Waals surface area (Å²) in [5.41, 5.74) is 0.275. The van der Waals surface area contributed by atoms with E-state index in [1.54, 1.807) is 4.90 Å². The molecule has 2 N–H and O–H groups in total. The summed E-state index contributed by atoms with van der Waals surface area (Å²) >= 11 is 0. The molecule has 1 aromatic carbocycles. The second kappa shape index (κ2) is 7.98. The molecule has 2 rings (SSSR count). The molecule has 1 unspecified atom stereocenters. The topological polar surface area (TPSA) is 33.9 Å². The number of quaternary nitrogens is 1. The first-order valence-corrected chi connectivity index (χ1v) is 8.85. The third-order valence-electron chi connectivity index (χ3n) is 5.04. The van der Waals surface area contributed by atoms with Crippen LogP contribution in [-0.4, -0.2) is 31.3 Å². The van der Waals surface area contributed by atoms with Crippen molar-refractivity contribution in [2.45, 2.75) is 52.1 Å². The van der Waals surface area contributed by atoms with E-state index in [0.717, 1.165) is 24.3 Å². The third-order valence-corrected chi connectivity index (χ3v) is 5.04. The number of ether oxygens (including phenoxy) is 1. The summed E-state index contributed by atoms with van der Waals surface area (Å²) in [6.07, 6.45) is 4.86. The van der Waals surface area contributed by atoms with Crippen LogP contribution in [0.3, 0.4) is 0 Å². The van der Waals surface area contributed by atoms with Gasteiger partial charge in [-0.2, -0.15) is 0 Å². The molecule has 124 valence electrons. The molecule has 0 spiro atoms. The van der Waals surface area contributed by atoms with Crippen molar-refractivity contribution >= 4 is 0 Å². The highest BCUT2D eigenvalue weighted by atomic mass is 16.5. The number of likely N-dealkylation sites (tertiary alicyclic amines) is 1. The maximum Gasteiger partial charge on any atom is 0.119 e. The molecule has 1 saturated heterocycles. The van der Waals surface area contributed by atoms with Crippen LogP contribution < -0.4 is 9.64 Å². The van der Waals surface area contributed by atoms with Gasteiger partial charge in [0.05, 0.1) is 31.8 Å². The van der Waals surface area contributed by atoms with Gasteiger partial charge in [0.2, 0.25) is 0 Å². The van der Waals surface area contributed by atoms with Crippen LogP contribution in [0, 0.1) is 5.92 Å². The Kier molecular flexibility index (Phi) is 6.27. The Morgan fingerprint density at radius 3 is 2.32 bits per heavy atom. The van der Waals surface area contributed by atoms with Gasteiger partial charge in [-0.15, -0.1) is 0 Å². The van der Waals surface area contributed by atoms with Crippen LogP contribution in [0.25, 0.3) is 0 Å². The first kappa shape index (κ1) is 17.3. The zero-order chi connectivity index (χ0) is 16.0. The second-order valence-electron chi connectivity index (χ2n) is 6.85. The first-order chi connectivity index (χ1) is 10.6. The van der Waals surface area contributed by atoms with Gasteiger partial charge in [0.25, 0.3) is 0 Å². The zero-order valence-corrected chi connectivity index (χ0v) is 14.4. The second-order valence-corrected chi connectivity index (χ2v) is 6.85. The minimum absolute atomic E-state index is 0.203. The molecule has 1 aliphatic heterocycles. The van der Waals surface area contributed by atoms with E-state index in [2.05, 4.69) is 13.8 Å². The van der Waals surface area contributed by atoms with Crippen LogP contribution in [0.1, 0.15) is 52.0 Å². The third kappa shape index (κ3) is 4.23. The fraction of sp³-hybridized carbons (Fsp3) is 0.684. The van der Waals surface area contributed by atoms with Crippen LogP contribution >= 0.6 is 0 Å². The van der Waals surface area contributed by atoms with Gasteiger partial charge in [0.15, 0.2) is 0 Å². The summed E-state index contributed by atoms with van der Waals surface area (Å²) in [5, 5.41) is 11.3. The maximum absolute atomic E-state index is 11.3. The molecule has 3 nitrogen and oxygen atoms in total. The van der Waals surface area contributed by atoms with Crippen molar-refractivity contribution in [1.82, 2.24) is 0 Å². The lowest BCUT2D eigenvalue weighted by atomic mass is 9.80. The van der Waals surface area contributed by atoms with Gasteiger partial charge in [-0.25, -0.2) is 0 Å². The summed E-state index contributed by atoms with van der Waals surface area (Å²) in [4.78, 5) is 1.65. The lowest BCUT2D eigenvalue weighted by molar-refractivity contribution is -0.905. The van der Waals surface area contributed by atoms with Crippen LogP contribution in [-0.2, 0) is 5.60 Å². The molecule has 0 radical (unpaired) electrons. The Balaban J connectivity index is 2.05. The molecule has 1 aromatic rings. The molecule has 22 heavy (non-hydrogen) atoms. The molecular formula is C19H32NO2+. The predicted molar refractivity (Wildman–Crippen MR) is 90.4 cm³/mol. The van der Waals surface area contributed by atoms with Crippen molar-refractivity contribution in [1.29, 1.82) is 0 Å². The van der Waals surface area contributed by atoms with E-state index in [-0.39, 0.29) is 5.92 Å². The van der Waals surface area contributed by atoms with E-state index < -0.39 is 5.60 Å². The number of aliphatic hydroxyl groups is 1. The summed E-state index contributed by atoms with van der Waals surface area (Å²) in [5.74, 6) is 1.08. The molecule has 1 heterocycles. The molecule has 0 bridgehead atoms. The predicted octanol–water partition coefficient (Wildman–Crippen LogP) is 2.39. The van der Waals surface area contributed by atoms with Gasteiger partial charge in [-0.3, -0.25) is 0 Å². The van der Waals surface area contributed by atoms with E-state index in [4.69, 9.17) is 4.74 Å². The highest BCUT2D eigenvalue weighted by molar-refractivity contribution is 5.31. The molecule has 0 amide bonds. The standard InChI is InChI=1S/C19H31NO2/c1-4-22-18-10-8-17(9-11-18)19(21,16(2)3)12-15-20-13-6-5-7-14-20/h8-11,16,21H,4-7,12-15H2,1-3H3/p+1. The van der Waals surface area contributed by atoms with Crippen molar-refractivity contribution < 1.29 is 14.7 Å². The van der Waals surface area contributed by atoms with Gasteiger partial charge in [-0.05, 0) is 49.8 Å². The smallest absolute Gasteiger partial charge is 0.119 e. The molecule has 1 atom stereocenters. The minimum Gasteiger partial charge on any atom is -0.494 e. The van der Waals surface area contributed by atoms with Gasteiger partial charge in [-0.1, -0.05) is 26.0 Å². The molecule has 3 heteroatoms. The number of rotatable bonds is 7. The molecule has 1 aliphatic rings. The fourth-order valence-corrected chi connectivity index (χ4v) is 3.44. The van der Waals surface area contributed by atoms with E-state index in [9.17, 15) is 5.11 Å². The van der Waals surface area contributed by atoms with Crippen molar-refractivity contribution in [3.63, 3.8) is 0 Å². The number of hydrogen-bond acceptors (Lipinski definition) is 2. The Hall–Kier alpha value is -1.06. The summed E-state index contributed by atoms with van der Waals surface area (Å²) in [6, 6.07) is 7.99. The van der Waals surface area contributed by atoms with Gasteiger partial charge < -0.3 is 14.7 Å². The average Bonchev–Trinajstić information content (AvgIpc) is 2.54. The summed E-state index contributed by atoms with van der Waals surface area (Å²) < 4.78 is 5.50. The van der Waals surface area contributed by atoms with E-state index in [1.165, 1.54) is 32.4 Å². The lowest BCUT2D eigenvalue weighted by Gasteiger charge is -2.34. The van der Waals surface area contributed by atoms with Gasteiger partial charge in [0, 0.05) is 6.42 Å². The van der Waals surface area contributed by atoms with E-state index >= 15 is 0 Å². The number of benzene rings is 1. The normalized spacial score (nSPS) is 19.1. The quantitative estimate of drug-likeness (QED) is 0.811. The highest BCUT2D eigenvalue weighted by Gasteiger charge is 2.34. The molecular weight excluding hydrogens is 274 g/mol. The van der Waals surface area contributed by atoms with Crippen molar-refractivity contribution in [3.8, 4) is 5.75 Å². The Morgan fingerprint density at radius 1 is 1.14 bits per heavy atom. The number of piperidine rings is 1. The van der Waals surface area contributed by atoms with Crippen LogP contribution in [0.15, 0.2) is 24.3 Å². The van der Waals surface area contributed by atoms with Crippen molar-refractivity contribution in [2.24, 2.45) is 5.92 Å². The zero-order valence-electron chi connectivity index (χ0n) is 14.4. The van der Waals surface area contributed by atoms with Crippen molar-refractivity contribution in [3.05, 3.63) is 29.8 Å². The first-order valence-electron chi connectivity index (χ1n) is 8.85. The van der Waals surface area contributed by atoms with E-state index in [1.807, 2.05) is 31.2 Å². The monoisotopic (exact) mass is 306 g/mol. The van der Waals surface area contributed by atoms with Crippen LogP contribution in [0.2, 0.25) is 0 Å². The summed E-state index contributed by atoms with van der Waals surface area (Å²) in [6.45, 7) is 10.5. The summed E-state index contributed by atoms with van der Waals surface area (Å²) in [7, 11) is 0. The molecule has 0 aromatic heterocycles. The van der Waals surface area contributed by atoms with Crippen LogP contribution in [0.4, 0.5) is 0 Å². The Labute approximate surface area is 135 Å². The average molecular weight is 306 g/mol. The molecule has 0 aliphatic carbocycles. The lowest BCUT2D eigenvalue weighted by Crippen LogP contribution is -3.13.